The van der Waals surface area contributed by atoms with E-state index in [1.165, 1.54) is 13.8 Å². The van der Waals surface area contributed by atoms with Crippen LogP contribution in [0.15, 0.2) is 48.5 Å². The van der Waals surface area contributed by atoms with Crippen molar-refractivity contribution in [3.63, 3.8) is 0 Å². The van der Waals surface area contributed by atoms with Gasteiger partial charge in [0.1, 0.15) is 11.5 Å². The van der Waals surface area contributed by atoms with Gasteiger partial charge in [0.25, 0.3) is 0 Å². The van der Waals surface area contributed by atoms with E-state index in [9.17, 15) is 71.1 Å². The van der Waals surface area contributed by atoms with Crippen molar-refractivity contribution in [3.8, 4) is 11.5 Å². The maximum atomic E-state index is 13.4. The molecule has 0 saturated carbocycles. The first-order chi connectivity index (χ1) is 18.2. The fourth-order valence-corrected chi connectivity index (χ4v) is 3.00. The highest BCUT2D eigenvalue weighted by Crippen LogP contribution is 2.48. The number of carbonyl (C=O) groups is 2. The molecule has 41 heavy (non-hydrogen) atoms. The summed E-state index contributed by atoms with van der Waals surface area (Å²) in [5.74, 6) is -34.1. The van der Waals surface area contributed by atoms with E-state index < -0.39 is 64.9 Å². The van der Waals surface area contributed by atoms with Crippen LogP contribution in [0.4, 0.5) is 61.5 Å². The van der Waals surface area contributed by atoms with Crippen LogP contribution in [0, 0.1) is 0 Å². The first-order valence-electron chi connectivity index (χ1n) is 10.5. The lowest BCUT2D eigenvalue weighted by atomic mass is 9.78. The fourth-order valence-electron chi connectivity index (χ4n) is 3.00. The van der Waals surface area contributed by atoms with Crippen LogP contribution in [0.25, 0.3) is 0 Å². The Balaban J connectivity index is 2.20. The number of hydrogen-bond acceptors (Lipinski definition) is 4. The molecule has 0 fully saturated rings. The Hall–Kier alpha value is -3.60. The SMILES string of the molecule is CC(C)(c1ccc(OC(=O)C(F)(F)C(F)(F)C(F)(F)F)cc1)c1ccc(OC(=O)C(F)(F)C(F)(F)C(F)(F)F)cc1. The lowest BCUT2D eigenvalue weighted by Crippen LogP contribution is -2.57. The van der Waals surface area contributed by atoms with Crippen LogP contribution in [0.5, 0.6) is 11.5 Å². The topological polar surface area (TPSA) is 52.6 Å². The van der Waals surface area contributed by atoms with Crippen molar-refractivity contribution >= 4 is 11.9 Å². The van der Waals surface area contributed by atoms with E-state index >= 15 is 0 Å². The first-order valence-corrected chi connectivity index (χ1v) is 10.5. The van der Waals surface area contributed by atoms with Crippen molar-refractivity contribution in [1.29, 1.82) is 0 Å². The molecule has 0 unspecified atom stereocenters. The molecule has 2 aromatic rings. The van der Waals surface area contributed by atoms with Crippen molar-refractivity contribution in [2.75, 3.05) is 0 Å². The molecule has 2 aromatic carbocycles. The molecule has 4 nitrogen and oxygen atoms in total. The molecule has 0 N–H and O–H groups in total. The zero-order valence-electron chi connectivity index (χ0n) is 20.0. The largest absolute Gasteiger partial charge is 0.460 e. The quantitative estimate of drug-likeness (QED) is 0.175. The third kappa shape index (κ3) is 6.05. The molecule has 0 spiro atoms. The Morgan fingerprint density at radius 2 is 0.732 bits per heavy atom. The lowest BCUT2D eigenvalue weighted by molar-refractivity contribution is -0.346. The van der Waals surface area contributed by atoms with Crippen molar-refractivity contribution < 1.29 is 80.5 Å². The number of alkyl halides is 14. The molecular weight excluding hydrogens is 606 g/mol. The summed E-state index contributed by atoms with van der Waals surface area (Å²) in [6, 6.07) is 7.30. The maximum Gasteiger partial charge on any atom is 0.460 e. The van der Waals surface area contributed by atoms with Crippen LogP contribution in [0.2, 0.25) is 0 Å². The van der Waals surface area contributed by atoms with Gasteiger partial charge in [0.05, 0.1) is 0 Å². The van der Waals surface area contributed by atoms with Gasteiger partial charge in [-0.3, -0.25) is 0 Å². The van der Waals surface area contributed by atoms with Gasteiger partial charge >= 0.3 is 48.0 Å². The molecule has 0 saturated heterocycles. The van der Waals surface area contributed by atoms with E-state index in [-0.39, 0.29) is 11.1 Å². The zero-order valence-corrected chi connectivity index (χ0v) is 20.0. The second kappa shape index (κ2) is 10.3. The highest BCUT2D eigenvalue weighted by Gasteiger charge is 2.78. The molecule has 0 aromatic heterocycles. The molecule has 228 valence electrons. The molecule has 0 heterocycles. The predicted octanol–water partition coefficient (Wildman–Crippen LogP) is 7.49. The summed E-state index contributed by atoms with van der Waals surface area (Å²) in [4.78, 5) is 22.7. The van der Waals surface area contributed by atoms with Gasteiger partial charge in [-0.05, 0) is 35.4 Å². The van der Waals surface area contributed by atoms with Crippen LogP contribution < -0.4 is 9.47 Å². The Bertz CT molecular complexity index is 1160. The minimum absolute atomic E-state index is 0.228. The van der Waals surface area contributed by atoms with Crippen molar-refractivity contribution in [1.82, 2.24) is 0 Å². The van der Waals surface area contributed by atoms with E-state index in [0.717, 1.165) is 48.5 Å². The molecule has 0 atom stereocenters. The monoisotopic (exact) mass is 620 g/mol. The normalized spacial score (nSPS) is 14.0. The van der Waals surface area contributed by atoms with Gasteiger partial charge in [0, 0.05) is 5.41 Å². The van der Waals surface area contributed by atoms with Crippen LogP contribution in [0.3, 0.4) is 0 Å². The Morgan fingerprint density at radius 3 is 0.951 bits per heavy atom. The number of carbonyl (C=O) groups excluding carboxylic acids is 2. The van der Waals surface area contributed by atoms with Gasteiger partial charge in [-0.1, -0.05) is 38.1 Å². The predicted molar refractivity (Wildman–Crippen MR) is 108 cm³/mol. The van der Waals surface area contributed by atoms with Crippen molar-refractivity contribution in [3.05, 3.63) is 59.7 Å². The van der Waals surface area contributed by atoms with E-state index in [2.05, 4.69) is 9.47 Å². The number of rotatable bonds is 8. The number of esters is 2. The summed E-state index contributed by atoms with van der Waals surface area (Å²) < 4.78 is 187. The third-order valence-electron chi connectivity index (χ3n) is 5.59. The maximum absolute atomic E-state index is 13.4. The zero-order chi connectivity index (χ0) is 32.0. The highest BCUT2D eigenvalue weighted by atomic mass is 19.4. The molecule has 18 heteroatoms. The average molecular weight is 620 g/mol. The van der Waals surface area contributed by atoms with Gasteiger partial charge < -0.3 is 9.47 Å². The molecule has 0 bridgehead atoms. The van der Waals surface area contributed by atoms with Crippen molar-refractivity contribution in [2.45, 2.75) is 55.3 Å². The Labute approximate surface area is 219 Å². The van der Waals surface area contributed by atoms with Gasteiger partial charge in [0.15, 0.2) is 0 Å². The first kappa shape index (κ1) is 33.6. The third-order valence-corrected chi connectivity index (χ3v) is 5.59. The molecule has 0 amide bonds. The molecule has 0 aliphatic heterocycles. The Morgan fingerprint density at radius 1 is 0.488 bits per heavy atom. The minimum Gasteiger partial charge on any atom is -0.422 e. The fraction of sp³-hybridized carbons (Fsp3) is 0.391. The lowest BCUT2D eigenvalue weighted by Gasteiger charge is -2.28. The molecule has 0 aliphatic rings. The van der Waals surface area contributed by atoms with Crippen LogP contribution in [-0.2, 0) is 15.0 Å². The molecule has 0 radical (unpaired) electrons. The standard InChI is InChI=1S/C23H14F14O4/c1-17(2,11-3-7-13(8-4-11)40-15(38)18(24,25)20(28,29)22(32,33)34)12-5-9-14(10-6-12)41-16(39)19(26,27)21(30,31)23(35,36)37/h3-10H,1-2H3. The summed E-state index contributed by atoms with van der Waals surface area (Å²) in [6.45, 7) is 2.93. The van der Waals surface area contributed by atoms with Gasteiger partial charge in [-0.2, -0.15) is 61.5 Å². The van der Waals surface area contributed by atoms with E-state index in [1.807, 2.05) is 0 Å². The smallest absolute Gasteiger partial charge is 0.422 e. The van der Waals surface area contributed by atoms with Gasteiger partial charge in [-0.15, -0.1) is 0 Å². The van der Waals surface area contributed by atoms with E-state index in [4.69, 9.17) is 0 Å². The molecule has 2 rings (SSSR count). The minimum atomic E-state index is -6.77. The van der Waals surface area contributed by atoms with Gasteiger partial charge in [-0.25, -0.2) is 9.59 Å². The number of benzene rings is 2. The number of ether oxygens (including phenoxy) is 2. The summed E-state index contributed by atoms with van der Waals surface area (Å²) in [6.07, 6.45) is -13.5. The molecule has 0 aliphatic carbocycles. The van der Waals surface area contributed by atoms with Crippen molar-refractivity contribution in [2.24, 2.45) is 0 Å². The summed E-state index contributed by atoms with van der Waals surface area (Å²) >= 11 is 0. The summed E-state index contributed by atoms with van der Waals surface area (Å²) in [5.41, 5.74) is -0.692. The second-order valence-corrected chi connectivity index (χ2v) is 8.75. The summed E-state index contributed by atoms with van der Waals surface area (Å²) in [7, 11) is 0. The second-order valence-electron chi connectivity index (χ2n) is 8.75. The number of hydrogen-bond donors (Lipinski definition) is 0. The van der Waals surface area contributed by atoms with Gasteiger partial charge in [0.2, 0.25) is 0 Å². The summed E-state index contributed by atoms with van der Waals surface area (Å²) in [5, 5.41) is 0. The van der Waals surface area contributed by atoms with Crippen LogP contribution in [0.1, 0.15) is 25.0 Å². The van der Waals surface area contributed by atoms with E-state index in [1.54, 1.807) is 0 Å². The van der Waals surface area contributed by atoms with Crippen LogP contribution in [-0.4, -0.2) is 48.0 Å². The van der Waals surface area contributed by atoms with Crippen LogP contribution >= 0.6 is 0 Å². The van der Waals surface area contributed by atoms with E-state index in [0.29, 0.717) is 0 Å². The molecular formula is C23H14F14O4. The highest BCUT2D eigenvalue weighted by molar-refractivity contribution is 5.82. The number of halogens is 14. The Kier molecular flexibility index (Phi) is 8.48. The average Bonchev–Trinajstić information content (AvgIpc) is 2.83.